The van der Waals surface area contributed by atoms with Gasteiger partial charge in [0.1, 0.15) is 0 Å². The molecule has 0 N–H and O–H groups in total. The summed E-state index contributed by atoms with van der Waals surface area (Å²) in [4.78, 5) is 3.61. The lowest BCUT2D eigenvalue weighted by Gasteiger charge is -2.17. The number of hydrogen-bond acceptors (Lipinski definition) is 2. The fraction of sp³-hybridized carbons (Fsp3) is 0.600. The minimum atomic E-state index is 0.298. The molecule has 1 rings (SSSR count). The van der Waals surface area contributed by atoms with E-state index in [1.165, 1.54) is 29.8 Å². The van der Waals surface area contributed by atoms with E-state index >= 15 is 0 Å². The Hall–Kier alpha value is -0.470. The summed E-state index contributed by atoms with van der Waals surface area (Å²) in [5, 5.41) is 0. The fourth-order valence-corrected chi connectivity index (χ4v) is 2.66. The Labute approximate surface area is 111 Å². The Bertz CT molecular complexity index is 322. The molecule has 0 radical (unpaired) electrons. The first kappa shape index (κ1) is 14.6. The molecule has 0 heterocycles. The molecule has 2 heteroatoms. The van der Waals surface area contributed by atoms with E-state index < -0.39 is 0 Å². The Balaban J connectivity index is 2.45. The van der Waals surface area contributed by atoms with Crippen LogP contribution >= 0.6 is 11.8 Å². The summed E-state index contributed by atoms with van der Waals surface area (Å²) in [6.45, 7) is 7.92. The van der Waals surface area contributed by atoms with Gasteiger partial charge in [-0.15, -0.1) is 11.8 Å². The Morgan fingerprint density at radius 1 is 1.06 bits per heavy atom. The summed E-state index contributed by atoms with van der Waals surface area (Å²) in [5.41, 5.74) is 1.45. The molecule has 0 amide bonds. The van der Waals surface area contributed by atoms with Gasteiger partial charge in [-0.05, 0) is 51.2 Å². The van der Waals surface area contributed by atoms with Crippen molar-refractivity contribution >= 4 is 11.8 Å². The monoisotopic (exact) mass is 251 g/mol. The summed E-state index contributed by atoms with van der Waals surface area (Å²) in [7, 11) is 4.26. The molecule has 17 heavy (non-hydrogen) atoms. The van der Waals surface area contributed by atoms with Crippen LogP contribution in [0.25, 0.3) is 0 Å². The SMILES string of the molecule is CN(C)CCCc1ccc(SC(C)(C)C)cc1. The van der Waals surface area contributed by atoms with E-state index in [2.05, 4.69) is 64.0 Å². The van der Waals surface area contributed by atoms with Crippen LogP contribution in [0.4, 0.5) is 0 Å². The molecule has 0 spiro atoms. The lowest BCUT2D eigenvalue weighted by Crippen LogP contribution is -2.13. The predicted molar refractivity (Wildman–Crippen MR) is 78.9 cm³/mol. The summed E-state index contributed by atoms with van der Waals surface area (Å²) < 4.78 is 0.298. The molecular weight excluding hydrogens is 226 g/mol. The van der Waals surface area contributed by atoms with Gasteiger partial charge in [0, 0.05) is 9.64 Å². The van der Waals surface area contributed by atoms with E-state index in [0.29, 0.717) is 4.75 Å². The van der Waals surface area contributed by atoms with Crippen molar-refractivity contribution in [2.45, 2.75) is 43.3 Å². The minimum absolute atomic E-state index is 0.298. The number of nitrogens with zero attached hydrogens (tertiary/aromatic N) is 1. The zero-order valence-electron chi connectivity index (χ0n) is 11.8. The van der Waals surface area contributed by atoms with Gasteiger partial charge in [-0.2, -0.15) is 0 Å². The van der Waals surface area contributed by atoms with Crippen molar-refractivity contribution in [3.63, 3.8) is 0 Å². The highest BCUT2D eigenvalue weighted by Gasteiger charge is 2.11. The van der Waals surface area contributed by atoms with Crippen LogP contribution in [0.5, 0.6) is 0 Å². The smallest absolute Gasteiger partial charge is 0.0122 e. The molecule has 0 saturated heterocycles. The molecule has 1 nitrogen and oxygen atoms in total. The van der Waals surface area contributed by atoms with Gasteiger partial charge in [-0.1, -0.05) is 32.9 Å². The third-order valence-corrected chi connectivity index (χ3v) is 3.54. The average molecular weight is 251 g/mol. The van der Waals surface area contributed by atoms with E-state index in [1.807, 2.05) is 11.8 Å². The topological polar surface area (TPSA) is 3.24 Å². The van der Waals surface area contributed by atoms with E-state index in [4.69, 9.17) is 0 Å². The third-order valence-electron chi connectivity index (χ3n) is 2.42. The number of rotatable bonds is 5. The first-order valence-corrected chi connectivity index (χ1v) is 7.11. The van der Waals surface area contributed by atoms with Crippen LogP contribution in [0.1, 0.15) is 32.8 Å². The summed E-state index contributed by atoms with van der Waals surface area (Å²) >= 11 is 1.93. The highest BCUT2D eigenvalue weighted by molar-refractivity contribution is 8.00. The molecule has 1 aromatic carbocycles. The molecule has 0 aliphatic rings. The van der Waals surface area contributed by atoms with Crippen molar-refractivity contribution in [1.29, 1.82) is 0 Å². The van der Waals surface area contributed by atoms with Crippen molar-refractivity contribution in [2.24, 2.45) is 0 Å². The second-order valence-corrected chi connectivity index (χ2v) is 7.67. The summed E-state index contributed by atoms with van der Waals surface area (Å²) in [5.74, 6) is 0. The molecular formula is C15H25NS. The molecule has 96 valence electrons. The van der Waals surface area contributed by atoms with Crippen LogP contribution in [0.2, 0.25) is 0 Å². The van der Waals surface area contributed by atoms with Crippen molar-refractivity contribution in [2.75, 3.05) is 20.6 Å². The number of benzene rings is 1. The van der Waals surface area contributed by atoms with Crippen LogP contribution in [0.15, 0.2) is 29.2 Å². The van der Waals surface area contributed by atoms with Crippen molar-refractivity contribution in [3.8, 4) is 0 Å². The van der Waals surface area contributed by atoms with Gasteiger partial charge >= 0.3 is 0 Å². The largest absolute Gasteiger partial charge is 0.309 e. The minimum Gasteiger partial charge on any atom is -0.309 e. The highest BCUT2D eigenvalue weighted by atomic mass is 32.2. The highest BCUT2D eigenvalue weighted by Crippen LogP contribution is 2.31. The Morgan fingerprint density at radius 2 is 1.65 bits per heavy atom. The second kappa shape index (κ2) is 6.46. The molecule has 1 aromatic rings. The van der Waals surface area contributed by atoms with Gasteiger partial charge in [0.2, 0.25) is 0 Å². The lowest BCUT2D eigenvalue weighted by molar-refractivity contribution is 0.400. The third kappa shape index (κ3) is 6.75. The van der Waals surface area contributed by atoms with Crippen molar-refractivity contribution in [1.82, 2.24) is 4.90 Å². The lowest BCUT2D eigenvalue weighted by atomic mass is 10.1. The molecule has 0 bridgehead atoms. The number of hydrogen-bond donors (Lipinski definition) is 0. The molecule has 0 aliphatic carbocycles. The van der Waals surface area contributed by atoms with Crippen LogP contribution in [-0.2, 0) is 6.42 Å². The Morgan fingerprint density at radius 3 is 2.12 bits per heavy atom. The van der Waals surface area contributed by atoms with Gasteiger partial charge in [0.15, 0.2) is 0 Å². The molecule has 0 atom stereocenters. The second-order valence-electron chi connectivity index (χ2n) is 5.77. The molecule has 0 aliphatic heterocycles. The maximum atomic E-state index is 2.27. The van der Waals surface area contributed by atoms with Crippen LogP contribution in [-0.4, -0.2) is 30.3 Å². The first-order valence-electron chi connectivity index (χ1n) is 6.29. The standard InChI is InChI=1S/C15H25NS/c1-15(2,3)17-14-10-8-13(9-11-14)7-6-12-16(4)5/h8-11H,6-7,12H2,1-5H3. The van der Waals surface area contributed by atoms with E-state index in [0.717, 1.165) is 0 Å². The van der Waals surface area contributed by atoms with E-state index in [-0.39, 0.29) is 0 Å². The molecule has 0 saturated carbocycles. The zero-order chi connectivity index (χ0) is 12.9. The predicted octanol–water partition coefficient (Wildman–Crippen LogP) is 4.07. The van der Waals surface area contributed by atoms with Crippen LogP contribution in [0, 0.1) is 0 Å². The van der Waals surface area contributed by atoms with Gasteiger partial charge in [-0.3, -0.25) is 0 Å². The van der Waals surface area contributed by atoms with Gasteiger partial charge < -0.3 is 4.90 Å². The van der Waals surface area contributed by atoms with E-state index in [1.54, 1.807) is 0 Å². The van der Waals surface area contributed by atoms with Crippen molar-refractivity contribution in [3.05, 3.63) is 29.8 Å². The molecule has 0 aromatic heterocycles. The van der Waals surface area contributed by atoms with Crippen LogP contribution in [0.3, 0.4) is 0 Å². The summed E-state index contributed by atoms with van der Waals surface area (Å²) in [6.07, 6.45) is 2.41. The molecule has 0 unspecified atom stereocenters. The average Bonchev–Trinajstić information content (AvgIpc) is 2.18. The maximum Gasteiger partial charge on any atom is 0.0122 e. The Kier molecular flexibility index (Phi) is 5.54. The normalized spacial score (nSPS) is 12.1. The van der Waals surface area contributed by atoms with Gasteiger partial charge in [0.25, 0.3) is 0 Å². The van der Waals surface area contributed by atoms with E-state index in [9.17, 15) is 0 Å². The van der Waals surface area contributed by atoms with Crippen LogP contribution < -0.4 is 0 Å². The maximum absolute atomic E-state index is 2.27. The summed E-state index contributed by atoms with van der Waals surface area (Å²) in [6, 6.07) is 9.04. The molecule has 0 fully saturated rings. The van der Waals surface area contributed by atoms with Crippen molar-refractivity contribution < 1.29 is 0 Å². The number of aryl methyl sites for hydroxylation is 1. The quantitative estimate of drug-likeness (QED) is 0.726. The van der Waals surface area contributed by atoms with Gasteiger partial charge in [0.05, 0.1) is 0 Å². The fourth-order valence-electron chi connectivity index (χ4n) is 1.68. The zero-order valence-corrected chi connectivity index (χ0v) is 12.6. The number of thioether (sulfide) groups is 1. The first-order chi connectivity index (χ1) is 7.87. The van der Waals surface area contributed by atoms with Gasteiger partial charge in [-0.25, -0.2) is 0 Å².